The zero-order valence-corrected chi connectivity index (χ0v) is 12.6. The fraction of sp³-hybridized carbons (Fsp3) is 0.588. The lowest BCUT2D eigenvalue weighted by Gasteiger charge is -2.36. The number of rotatable bonds is 2. The molecule has 2 fully saturated rings. The number of benzene rings is 1. The van der Waals surface area contributed by atoms with Crippen molar-refractivity contribution < 1.29 is 9.18 Å². The van der Waals surface area contributed by atoms with Gasteiger partial charge in [0.25, 0.3) is 5.91 Å². The molecule has 3 rings (SSSR count). The Morgan fingerprint density at radius 2 is 2.19 bits per heavy atom. The van der Waals surface area contributed by atoms with Gasteiger partial charge in [0.1, 0.15) is 5.82 Å². The first-order valence-corrected chi connectivity index (χ1v) is 7.94. The molecule has 0 saturated carbocycles. The molecule has 0 spiro atoms. The highest BCUT2D eigenvalue weighted by Gasteiger charge is 2.31. The molecule has 21 heavy (non-hydrogen) atoms. The van der Waals surface area contributed by atoms with Gasteiger partial charge in [0.15, 0.2) is 0 Å². The number of piperidine rings is 1. The predicted molar refractivity (Wildman–Crippen MR) is 80.8 cm³/mol. The van der Waals surface area contributed by atoms with E-state index < -0.39 is 0 Å². The molecule has 1 aromatic rings. The van der Waals surface area contributed by atoms with Crippen molar-refractivity contribution in [2.24, 2.45) is 5.92 Å². The molecule has 2 aliphatic rings. The molecule has 2 unspecified atom stereocenters. The standard InChI is InChI=1S/C17H23FN2O/c1-12-5-2-7-14(16(12)18)17(21)20-10-4-6-13(11-20)15-8-3-9-19-15/h2,5,7,13,15,19H,3-4,6,8-11H2,1H3. The predicted octanol–water partition coefficient (Wildman–Crippen LogP) is 2.74. The van der Waals surface area contributed by atoms with E-state index in [0.717, 1.165) is 32.5 Å². The molecule has 1 amide bonds. The average molecular weight is 290 g/mol. The van der Waals surface area contributed by atoms with Crippen molar-refractivity contribution in [3.8, 4) is 0 Å². The summed E-state index contributed by atoms with van der Waals surface area (Å²) in [4.78, 5) is 14.4. The minimum Gasteiger partial charge on any atom is -0.338 e. The maximum Gasteiger partial charge on any atom is 0.256 e. The van der Waals surface area contributed by atoms with Crippen LogP contribution in [0.5, 0.6) is 0 Å². The smallest absolute Gasteiger partial charge is 0.256 e. The molecule has 0 bridgehead atoms. The van der Waals surface area contributed by atoms with Gasteiger partial charge in [-0.1, -0.05) is 12.1 Å². The van der Waals surface area contributed by atoms with Gasteiger partial charge in [-0.2, -0.15) is 0 Å². The molecule has 1 N–H and O–H groups in total. The number of aryl methyl sites for hydroxylation is 1. The Kier molecular flexibility index (Phi) is 4.24. The van der Waals surface area contributed by atoms with Gasteiger partial charge in [0.2, 0.25) is 0 Å². The van der Waals surface area contributed by atoms with Crippen LogP contribution in [-0.2, 0) is 0 Å². The first-order valence-electron chi connectivity index (χ1n) is 7.94. The first kappa shape index (κ1) is 14.5. The topological polar surface area (TPSA) is 32.3 Å². The Hall–Kier alpha value is -1.42. The number of carbonyl (C=O) groups excluding carboxylic acids is 1. The van der Waals surface area contributed by atoms with Crippen molar-refractivity contribution in [2.75, 3.05) is 19.6 Å². The third-order valence-electron chi connectivity index (χ3n) is 4.83. The van der Waals surface area contributed by atoms with Crippen LogP contribution in [-0.4, -0.2) is 36.5 Å². The number of amides is 1. The zero-order chi connectivity index (χ0) is 14.8. The molecule has 2 saturated heterocycles. The largest absolute Gasteiger partial charge is 0.338 e. The molecule has 4 heteroatoms. The number of hydrogen-bond donors (Lipinski definition) is 1. The quantitative estimate of drug-likeness (QED) is 0.908. The minimum atomic E-state index is -0.372. The molecule has 2 aliphatic heterocycles. The van der Waals surface area contributed by atoms with Crippen LogP contribution >= 0.6 is 0 Å². The summed E-state index contributed by atoms with van der Waals surface area (Å²) in [7, 11) is 0. The van der Waals surface area contributed by atoms with Crippen LogP contribution in [0.3, 0.4) is 0 Å². The van der Waals surface area contributed by atoms with E-state index in [1.807, 2.05) is 4.90 Å². The van der Waals surface area contributed by atoms with Gasteiger partial charge in [-0.25, -0.2) is 4.39 Å². The van der Waals surface area contributed by atoms with Crippen LogP contribution < -0.4 is 5.32 Å². The zero-order valence-electron chi connectivity index (χ0n) is 12.6. The summed E-state index contributed by atoms with van der Waals surface area (Å²) in [5.74, 6) is -0.0133. The molecule has 3 nitrogen and oxygen atoms in total. The van der Waals surface area contributed by atoms with E-state index in [-0.39, 0.29) is 17.3 Å². The second-order valence-corrected chi connectivity index (χ2v) is 6.29. The van der Waals surface area contributed by atoms with E-state index in [1.165, 1.54) is 12.8 Å². The Morgan fingerprint density at radius 1 is 1.33 bits per heavy atom. The van der Waals surface area contributed by atoms with Crippen molar-refractivity contribution in [3.63, 3.8) is 0 Å². The lowest BCUT2D eigenvalue weighted by atomic mass is 9.89. The minimum absolute atomic E-state index is 0.154. The van der Waals surface area contributed by atoms with Crippen LogP contribution in [0, 0.1) is 18.7 Å². The van der Waals surface area contributed by atoms with Gasteiger partial charge in [-0.15, -0.1) is 0 Å². The van der Waals surface area contributed by atoms with E-state index in [9.17, 15) is 9.18 Å². The summed E-state index contributed by atoms with van der Waals surface area (Å²) in [6.45, 7) is 4.29. The summed E-state index contributed by atoms with van der Waals surface area (Å²) in [6.07, 6.45) is 4.60. The Labute approximate surface area is 125 Å². The number of hydrogen-bond acceptors (Lipinski definition) is 2. The summed E-state index contributed by atoms with van der Waals surface area (Å²) < 4.78 is 14.1. The monoisotopic (exact) mass is 290 g/mol. The fourth-order valence-corrected chi connectivity index (χ4v) is 3.62. The molecule has 1 aromatic carbocycles. The van der Waals surface area contributed by atoms with E-state index in [0.29, 0.717) is 17.5 Å². The van der Waals surface area contributed by atoms with Crippen molar-refractivity contribution in [2.45, 2.75) is 38.6 Å². The van der Waals surface area contributed by atoms with Gasteiger partial charge < -0.3 is 10.2 Å². The maximum absolute atomic E-state index is 14.1. The SMILES string of the molecule is Cc1cccc(C(=O)N2CCCC(C3CCCN3)C2)c1F. The second kappa shape index (κ2) is 6.14. The van der Waals surface area contributed by atoms with Crippen molar-refractivity contribution in [3.05, 3.63) is 35.1 Å². The van der Waals surface area contributed by atoms with Crippen LogP contribution in [0.2, 0.25) is 0 Å². The number of halogens is 1. The first-order chi connectivity index (χ1) is 10.2. The van der Waals surface area contributed by atoms with Crippen molar-refractivity contribution in [1.29, 1.82) is 0 Å². The normalized spacial score (nSPS) is 26.1. The lowest BCUT2D eigenvalue weighted by molar-refractivity contribution is 0.0646. The van der Waals surface area contributed by atoms with Gasteiger partial charge in [0, 0.05) is 19.1 Å². The summed E-state index contributed by atoms with van der Waals surface area (Å²) in [5.41, 5.74) is 0.752. The number of nitrogens with zero attached hydrogens (tertiary/aromatic N) is 1. The highest BCUT2D eigenvalue weighted by Crippen LogP contribution is 2.26. The van der Waals surface area contributed by atoms with E-state index >= 15 is 0 Å². The van der Waals surface area contributed by atoms with E-state index in [1.54, 1.807) is 25.1 Å². The fourth-order valence-electron chi connectivity index (χ4n) is 3.62. The molecule has 0 aromatic heterocycles. The molecule has 2 atom stereocenters. The highest BCUT2D eigenvalue weighted by atomic mass is 19.1. The third-order valence-corrected chi connectivity index (χ3v) is 4.83. The Bertz CT molecular complexity index is 526. The van der Waals surface area contributed by atoms with E-state index in [4.69, 9.17) is 0 Å². The molecule has 0 radical (unpaired) electrons. The van der Waals surface area contributed by atoms with Gasteiger partial charge in [-0.05, 0) is 56.7 Å². The Balaban J connectivity index is 1.73. The third kappa shape index (κ3) is 2.95. The van der Waals surface area contributed by atoms with E-state index in [2.05, 4.69) is 5.32 Å². The van der Waals surface area contributed by atoms with Crippen molar-refractivity contribution in [1.82, 2.24) is 10.2 Å². The van der Waals surface area contributed by atoms with Crippen LogP contribution in [0.1, 0.15) is 41.6 Å². The molecule has 114 valence electrons. The number of carbonyl (C=O) groups is 1. The van der Waals surface area contributed by atoms with Crippen LogP contribution in [0.25, 0.3) is 0 Å². The Morgan fingerprint density at radius 3 is 2.95 bits per heavy atom. The number of likely N-dealkylation sites (tertiary alicyclic amines) is 1. The second-order valence-electron chi connectivity index (χ2n) is 6.29. The maximum atomic E-state index is 14.1. The lowest BCUT2D eigenvalue weighted by Crippen LogP contribution is -2.46. The van der Waals surface area contributed by atoms with Crippen LogP contribution in [0.15, 0.2) is 18.2 Å². The van der Waals surface area contributed by atoms with Crippen molar-refractivity contribution >= 4 is 5.91 Å². The summed E-state index contributed by atoms with van der Waals surface area (Å²) >= 11 is 0. The molecular formula is C17H23FN2O. The molecular weight excluding hydrogens is 267 g/mol. The summed E-state index contributed by atoms with van der Waals surface area (Å²) in [6, 6.07) is 5.59. The average Bonchev–Trinajstić information content (AvgIpc) is 3.04. The van der Waals surface area contributed by atoms with Gasteiger partial charge in [-0.3, -0.25) is 4.79 Å². The van der Waals surface area contributed by atoms with Gasteiger partial charge in [0.05, 0.1) is 5.56 Å². The van der Waals surface area contributed by atoms with Gasteiger partial charge >= 0.3 is 0 Å². The molecule has 0 aliphatic carbocycles. The van der Waals surface area contributed by atoms with Crippen LogP contribution in [0.4, 0.5) is 4.39 Å². The summed E-state index contributed by atoms with van der Waals surface area (Å²) in [5, 5.41) is 3.53. The molecule has 2 heterocycles. The highest BCUT2D eigenvalue weighted by molar-refractivity contribution is 5.94. The number of nitrogens with one attached hydrogen (secondary N) is 1.